The Labute approximate surface area is 139 Å². The molecule has 1 N–H and O–H groups in total. The number of nitrogens with zero attached hydrogens (tertiary/aromatic N) is 2. The summed E-state index contributed by atoms with van der Waals surface area (Å²) in [5, 5.41) is 9.00. The van der Waals surface area contributed by atoms with Gasteiger partial charge in [-0.2, -0.15) is 0 Å². The average molecular weight is 326 g/mol. The summed E-state index contributed by atoms with van der Waals surface area (Å²) in [6.45, 7) is 1.45. The van der Waals surface area contributed by atoms with E-state index in [2.05, 4.69) is 4.98 Å². The van der Waals surface area contributed by atoms with Crippen molar-refractivity contribution in [1.29, 1.82) is 0 Å². The number of amides is 1. The number of ether oxygens (including phenoxy) is 1. The number of carboxylic acids is 1. The van der Waals surface area contributed by atoms with Crippen LogP contribution in [0.2, 0.25) is 0 Å². The summed E-state index contributed by atoms with van der Waals surface area (Å²) in [6.07, 6.45) is 2.02. The number of benzene rings is 1. The Morgan fingerprint density at radius 2 is 2.04 bits per heavy atom. The first kappa shape index (κ1) is 16.1. The molecule has 1 aliphatic rings. The van der Waals surface area contributed by atoms with Gasteiger partial charge < -0.3 is 14.7 Å². The fourth-order valence-electron chi connectivity index (χ4n) is 2.77. The van der Waals surface area contributed by atoms with E-state index in [1.54, 1.807) is 4.90 Å². The number of aromatic nitrogens is 1. The van der Waals surface area contributed by atoms with Gasteiger partial charge in [0.15, 0.2) is 0 Å². The second kappa shape index (κ2) is 7.23. The maximum atomic E-state index is 12.6. The van der Waals surface area contributed by atoms with Gasteiger partial charge in [-0.05, 0) is 17.7 Å². The Balaban J connectivity index is 1.69. The van der Waals surface area contributed by atoms with Crippen LogP contribution in [0.3, 0.4) is 0 Å². The van der Waals surface area contributed by atoms with Gasteiger partial charge in [0.05, 0.1) is 12.7 Å². The Kier molecular flexibility index (Phi) is 4.86. The fraction of sp³-hybridized carbons (Fsp3) is 0.278. The quantitative estimate of drug-likeness (QED) is 0.928. The molecule has 1 aromatic heterocycles. The highest BCUT2D eigenvalue weighted by molar-refractivity contribution is 5.96. The highest BCUT2D eigenvalue weighted by atomic mass is 16.5. The van der Waals surface area contributed by atoms with Crippen LogP contribution in [0, 0.1) is 0 Å². The second-order valence-electron chi connectivity index (χ2n) is 5.67. The topological polar surface area (TPSA) is 79.7 Å². The number of carboxylic acid groups (broad SMARTS) is 1. The van der Waals surface area contributed by atoms with E-state index in [0.717, 1.165) is 12.0 Å². The minimum absolute atomic E-state index is 0.0640. The van der Waals surface area contributed by atoms with Crippen molar-refractivity contribution < 1.29 is 19.4 Å². The summed E-state index contributed by atoms with van der Waals surface area (Å²) in [7, 11) is 0. The number of hydrogen-bond acceptors (Lipinski definition) is 4. The molecule has 0 saturated carbocycles. The van der Waals surface area contributed by atoms with Crippen molar-refractivity contribution in [2.24, 2.45) is 0 Å². The molecule has 6 nitrogen and oxygen atoms in total. The lowest BCUT2D eigenvalue weighted by Gasteiger charge is -2.33. The van der Waals surface area contributed by atoms with Gasteiger partial charge in [-0.25, -0.2) is 9.78 Å². The van der Waals surface area contributed by atoms with Gasteiger partial charge in [0, 0.05) is 31.3 Å². The Bertz CT molecular complexity index is 733. The predicted octanol–water partition coefficient (Wildman–Crippen LogP) is 1.86. The number of morpholine rings is 1. The molecule has 0 aliphatic carbocycles. The molecule has 0 radical (unpaired) electrons. The molecule has 3 rings (SSSR count). The van der Waals surface area contributed by atoms with Gasteiger partial charge in [-0.3, -0.25) is 4.79 Å². The molecule has 2 aromatic rings. The maximum Gasteiger partial charge on any atom is 0.354 e. The van der Waals surface area contributed by atoms with Crippen LogP contribution >= 0.6 is 0 Å². The molecule has 1 fully saturated rings. The summed E-state index contributed by atoms with van der Waals surface area (Å²) < 4.78 is 5.76. The van der Waals surface area contributed by atoms with Crippen LogP contribution in [0.1, 0.15) is 26.4 Å². The van der Waals surface area contributed by atoms with Crippen LogP contribution in [-0.4, -0.2) is 52.7 Å². The smallest absolute Gasteiger partial charge is 0.354 e. The normalized spacial score (nSPS) is 17.5. The van der Waals surface area contributed by atoms with Gasteiger partial charge in [-0.15, -0.1) is 0 Å². The van der Waals surface area contributed by atoms with Crippen LogP contribution in [0.5, 0.6) is 0 Å². The number of aromatic carboxylic acids is 1. The molecule has 0 spiro atoms. The van der Waals surface area contributed by atoms with Crippen molar-refractivity contribution in [2.45, 2.75) is 12.5 Å². The van der Waals surface area contributed by atoms with E-state index < -0.39 is 5.97 Å². The summed E-state index contributed by atoms with van der Waals surface area (Å²) in [5.74, 6) is -1.34. The molecule has 2 heterocycles. The molecule has 124 valence electrons. The number of carbonyl (C=O) groups excluding carboxylic acids is 1. The largest absolute Gasteiger partial charge is 0.477 e. The summed E-state index contributed by atoms with van der Waals surface area (Å²) in [5.41, 5.74) is 1.37. The third kappa shape index (κ3) is 3.78. The number of rotatable bonds is 4. The van der Waals surface area contributed by atoms with Gasteiger partial charge in [0.1, 0.15) is 5.69 Å². The van der Waals surface area contributed by atoms with Crippen molar-refractivity contribution in [3.8, 4) is 0 Å². The van der Waals surface area contributed by atoms with Gasteiger partial charge in [0.2, 0.25) is 0 Å². The molecule has 24 heavy (non-hydrogen) atoms. The second-order valence-corrected chi connectivity index (χ2v) is 5.67. The van der Waals surface area contributed by atoms with E-state index in [0.29, 0.717) is 25.3 Å². The first-order valence-electron chi connectivity index (χ1n) is 7.77. The molecule has 1 aromatic carbocycles. The van der Waals surface area contributed by atoms with Crippen LogP contribution < -0.4 is 0 Å². The summed E-state index contributed by atoms with van der Waals surface area (Å²) >= 11 is 0. The van der Waals surface area contributed by atoms with Crippen molar-refractivity contribution in [3.63, 3.8) is 0 Å². The standard InChI is InChI=1S/C18H18N2O4/c21-17(14-6-7-19-16(11-14)18(22)23)20-8-9-24-15(12-20)10-13-4-2-1-3-5-13/h1-7,11,15H,8-10,12H2,(H,22,23). The lowest BCUT2D eigenvalue weighted by Crippen LogP contribution is -2.46. The maximum absolute atomic E-state index is 12.6. The van der Waals surface area contributed by atoms with E-state index in [1.165, 1.54) is 18.3 Å². The monoisotopic (exact) mass is 326 g/mol. The van der Waals surface area contributed by atoms with E-state index in [-0.39, 0.29) is 17.7 Å². The third-order valence-corrected chi connectivity index (χ3v) is 3.96. The van der Waals surface area contributed by atoms with Crippen LogP contribution in [0.15, 0.2) is 48.7 Å². The Morgan fingerprint density at radius 3 is 2.79 bits per heavy atom. The number of hydrogen-bond donors (Lipinski definition) is 1. The molecule has 1 atom stereocenters. The zero-order valence-corrected chi connectivity index (χ0v) is 13.1. The molecule has 6 heteroatoms. The molecule has 1 aliphatic heterocycles. The van der Waals surface area contributed by atoms with E-state index in [1.807, 2.05) is 30.3 Å². The minimum atomic E-state index is -1.14. The fourth-order valence-corrected chi connectivity index (χ4v) is 2.77. The molecular weight excluding hydrogens is 308 g/mol. The SMILES string of the molecule is O=C(O)c1cc(C(=O)N2CCOC(Cc3ccccc3)C2)ccn1. The zero-order chi connectivity index (χ0) is 16.9. The lowest BCUT2D eigenvalue weighted by molar-refractivity contribution is -0.0208. The molecule has 0 bridgehead atoms. The van der Waals surface area contributed by atoms with Crippen LogP contribution in [0.4, 0.5) is 0 Å². The van der Waals surface area contributed by atoms with E-state index in [4.69, 9.17) is 9.84 Å². The number of pyridine rings is 1. The van der Waals surface area contributed by atoms with Gasteiger partial charge >= 0.3 is 5.97 Å². The minimum Gasteiger partial charge on any atom is -0.477 e. The first-order valence-corrected chi connectivity index (χ1v) is 7.77. The van der Waals surface area contributed by atoms with Crippen molar-refractivity contribution >= 4 is 11.9 Å². The van der Waals surface area contributed by atoms with Crippen molar-refractivity contribution in [2.75, 3.05) is 19.7 Å². The molecule has 1 saturated heterocycles. The Morgan fingerprint density at radius 1 is 1.25 bits per heavy atom. The Hall–Kier alpha value is -2.73. The summed E-state index contributed by atoms with van der Waals surface area (Å²) in [6, 6.07) is 12.8. The van der Waals surface area contributed by atoms with Crippen molar-refractivity contribution in [1.82, 2.24) is 9.88 Å². The first-order chi connectivity index (χ1) is 11.6. The van der Waals surface area contributed by atoms with Crippen LogP contribution in [-0.2, 0) is 11.2 Å². The zero-order valence-electron chi connectivity index (χ0n) is 13.1. The molecule has 1 amide bonds. The van der Waals surface area contributed by atoms with Crippen molar-refractivity contribution in [3.05, 3.63) is 65.5 Å². The molecular formula is C18H18N2O4. The van der Waals surface area contributed by atoms with E-state index in [9.17, 15) is 9.59 Å². The molecule has 1 unspecified atom stereocenters. The van der Waals surface area contributed by atoms with Gasteiger partial charge in [0.25, 0.3) is 5.91 Å². The third-order valence-electron chi connectivity index (χ3n) is 3.96. The van der Waals surface area contributed by atoms with Gasteiger partial charge in [-0.1, -0.05) is 30.3 Å². The van der Waals surface area contributed by atoms with E-state index >= 15 is 0 Å². The highest BCUT2D eigenvalue weighted by Gasteiger charge is 2.25. The predicted molar refractivity (Wildman–Crippen MR) is 87.0 cm³/mol. The summed E-state index contributed by atoms with van der Waals surface area (Å²) in [4.78, 5) is 29.1. The highest BCUT2D eigenvalue weighted by Crippen LogP contribution is 2.15. The average Bonchev–Trinajstić information content (AvgIpc) is 2.62. The number of carbonyl (C=O) groups is 2. The van der Waals surface area contributed by atoms with Crippen LogP contribution in [0.25, 0.3) is 0 Å². The lowest BCUT2D eigenvalue weighted by atomic mass is 10.1.